The van der Waals surface area contributed by atoms with E-state index in [9.17, 15) is 0 Å². The van der Waals surface area contributed by atoms with Gasteiger partial charge in [0.1, 0.15) is 0 Å². The maximum absolute atomic E-state index is 3.63. The average Bonchev–Trinajstić information content (AvgIpc) is 2.46. The monoisotopic (exact) mass is 349 g/mol. The number of aryl methyl sites for hydroxylation is 1. The highest BCUT2D eigenvalue weighted by Crippen LogP contribution is 2.21. The van der Waals surface area contributed by atoms with Gasteiger partial charge >= 0.3 is 0 Å². The number of hydrogen-bond acceptors (Lipinski definition) is 2. The van der Waals surface area contributed by atoms with Crippen LogP contribution in [0.4, 0.5) is 0 Å². The van der Waals surface area contributed by atoms with Gasteiger partial charge in [0.25, 0.3) is 0 Å². The molecule has 20 heavy (non-hydrogen) atoms. The molecule has 106 valence electrons. The van der Waals surface area contributed by atoms with Gasteiger partial charge in [-0.05, 0) is 55.0 Å². The molecule has 0 radical (unpaired) electrons. The van der Waals surface area contributed by atoms with E-state index in [1.54, 1.807) is 11.8 Å². The predicted molar refractivity (Wildman–Crippen MR) is 92.4 cm³/mol. The van der Waals surface area contributed by atoms with Crippen molar-refractivity contribution in [3.05, 3.63) is 63.6 Å². The Labute approximate surface area is 134 Å². The van der Waals surface area contributed by atoms with Crippen LogP contribution >= 0.6 is 27.7 Å². The Morgan fingerprint density at radius 3 is 2.45 bits per heavy atom. The molecule has 1 unspecified atom stereocenters. The zero-order valence-electron chi connectivity index (χ0n) is 12.1. The van der Waals surface area contributed by atoms with Crippen LogP contribution in [0.1, 0.15) is 29.7 Å². The lowest BCUT2D eigenvalue weighted by atomic mass is 10.1. The van der Waals surface area contributed by atoms with E-state index < -0.39 is 0 Å². The van der Waals surface area contributed by atoms with Crippen LogP contribution in [0.5, 0.6) is 0 Å². The lowest BCUT2D eigenvalue weighted by Gasteiger charge is -2.15. The number of hydrogen-bond donors (Lipinski definition) is 1. The molecule has 1 atom stereocenters. The fourth-order valence-electron chi connectivity index (χ4n) is 2.07. The van der Waals surface area contributed by atoms with Gasteiger partial charge in [0.15, 0.2) is 0 Å². The fraction of sp³-hybridized carbons (Fsp3) is 0.294. The second-order valence-corrected chi connectivity index (χ2v) is 6.70. The molecule has 2 aromatic rings. The van der Waals surface area contributed by atoms with Crippen LogP contribution in [0.2, 0.25) is 0 Å². The SMILES string of the molecule is CSc1ccc(C(C)NCc2ccc(C)cc2Br)cc1. The van der Waals surface area contributed by atoms with Gasteiger partial charge in [-0.2, -0.15) is 0 Å². The number of nitrogens with one attached hydrogen (secondary N) is 1. The third kappa shape index (κ3) is 4.11. The largest absolute Gasteiger partial charge is 0.306 e. The van der Waals surface area contributed by atoms with Gasteiger partial charge in [0, 0.05) is 22.0 Å². The minimum absolute atomic E-state index is 0.346. The number of rotatable bonds is 5. The average molecular weight is 350 g/mol. The minimum Gasteiger partial charge on any atom is -0.306 e. The molecule has 3 heteroatoms. The molecule has 0 saturated carbocycles. The van der Waals surface area contributed by atoms with Gasteiger partial charge < -0.3 is 5.32 Å². The van der Waals surface area contributed by atoms with E-state index in [0.29, 0.717) is 6.04 Å². The van der Waals surface area contributed by atoms with E-state index in [-0.39, 0.29) is 0 Å². The standard InChI is InChI=1S/C17H20BrNS/c1-12-4-5-15(17(18)10-12)11-19-13(2)14-6-8-16(20-3)9-7-14/h4-10,13,19H,11H2,1-3H3. The summed E-state index contributed by atoms with van der Waals surface area (Å²) in [6, 6.07) is 15.6. The Bertz CT molecular complexity index is 566. The first kappa shape index (κ1) is 15.6. The molecule has 0 aliphatic carbocycles. The van der Waals surface area contributed by atoms with E-state index in [4.69, 9.17) is 0 Å². The highest BCUT2D eigenvalue weighted by molar-refractivity contribution is 9.10. The van der Waals surface area contributed by atoms with Crippen LogP contribution in [0, 0.1) is 6.92 Å². The normalized spacial score (nSPS) is 12.4. The minimum atomic E-state index is 0.346. The van der Waals surface area contributed by atoms with E-state index >= 15 is 0 Å². The zero-order chi connectivity index (χ0) is 14.5. The van der Waals surface area contributed by atoms with Crippen molar-refractivity contribution < 1.29 is 0 Å². The molecule has 0 amide bonds. The molecular formula is C17H20BrNS. The van der Waals surface area contributed by atoms with Crippen molar-refractivity contribution in [2.75, 3.05) is 6.26 Å². The summed E-state index contributed by atoms with van der Waals surface area (Å²) in [7, 11) is 0. The fourth-order valence-corrected chi connectivity index (χ4v) is 3.11. The van der Waals surface area contributed by atoms with Gasteiger partial charge in [-0.25, -0.2) is 0 Å². The Morgan fingerprint density at radius 2 is 1.85 bits per heavy atom. The van der Waals surface area contributed by atoms with Crippen molar-refractivity contribution >= 4 is 27.7 Å². The first-order valence-corrected chi connectivity index (χ1v) is 8.74. The van der Waals surface area contributed by atoms with Crippen LogP contribution in [-0.2, 0) is 6.54 Å². The van der Waals surface area contributed by atoms with Crippen LogP contribution in [0.25, 0.3) is 0 Å². The second-order valence-electron chi connectivity index (χ2n) is 4.97. The number of halogens is 1. The summed E-state index contributed by atoms with van der Waals surface area (Å²) in [4.78, 5) is 1.31. The highest BCUT2D eigenvalue weighted by atomic mass is 79.9. The Balaban J connectivity index is 1.98. The molecule has 0 aliphatic rings. The highest BCUT2D eigenvalue weighted by Gasteiger charge is 2.06. The molecule has 0 saturated heterocycles. The van der Waals surface area contributed by atoms with Crippen LogP contribution in [0.3, 0.4) is 0 Å². The lowest BCUT2D eigenvalue weighted by molar-refractivity contribution is 0.573. The summed E-state index contributed by atoms with van der Waals surface area (Å²) in [5, 5.41) is 3.58. The molecule has 0 spiro atoms. The van der Waals surface area contributed by atoms with Crippen LogP contribution in [-0.4, -0.2) is 6.26 Å². The molecular weight excluding hydrogens is 330 g/mol. The molecule has 0 aromatic heterocycles. The molecule has 1 nitrogen and oxygen atoms in total. The maximum Gasteiger partial charge on any atom is 0.0294 e. The topological polar surface area (TPSA) is 12.0 Å². The lowest BCUT2D eigenvalue weighted by Crippen LogP contribution is -2.18. The van der Waals surface area contributed by atoms with Crippen LogP contribution < -0.4 is 5.32 Å². The summed E-state index contributed by atoms with van der Waals surface area (Å²) < 4.78 is 1.18. The van der Waals surface area contributed by atoms with Crippen molar-refractivity contribution in [3.63, 3.8) is 0 Å². The Kier molecular flexibility index (Phi) is 5.70. The van der Waals surface area contributed by atoms with Gasteiger partial charge in [-0.1, -0.05) is 40.2 Å². The molecule has 1 N–H and O–H groups in total. The van der Waals surface area contributed by atoms with Gasteiger partial charge in [-0.3, -0.25) is 0 Å². The second kappa shape index (κ2) is 7.30. The molecule has 0 fully saturated rings. The molecule has 2 aromatic carbocycles. The molecule has 0 heterocycles. The smallest absolute Gasteiger partial charge is 0.0294 e. The Hall–Kier alpha value is -0.770. The van der Waals surface area contributed by atoms with Crippen molar-refractivity contribution in [2.45, 2.75) is 31.3 Å². The van der Waals surface area contributed by atoms with Gasteiger partial charge in [0.05, 0.1) is 0 Å². The van der Waals surface area contributed by atoms with Gasteiger partial charge in [-0.15, -0.1) is 11.8 Å². The summed E-state index contributed by atoms with van der Waals surface area (Å²) >= 11 is 5.41. The Morgan fingerprint density at radius 1 is 1.15 bits per heavy atom. The molecule has 0 bridgehead atoms. The third-order valence-corrected chi connectivity index (χ3v) is 4.90. The van der Waals surface area contributed by atoms with Crippen molar-refractivity contribution in [1.29, 1.82) is 0 Å². The first-order chi connectivity index (χ1) is 9.60. The van der Waals surface area contributed by atoms with E-state index in [0.717, 1.165) is 6.54 Å². The summed E-state index contributed by atoms with van der Waals surface area (Å²) in [5.74, 6) is 0. The van der Waals surface area contributed by atoms with Gasteiger partial charge in [0.2, 0.25) is 0 Å². The maximum atomic E-state index is 3.63. The van der Waals surface area contributed by atoms with E-state index in [2.05, 4.69) is 83.8 Å². The number of thioether (sulfide) groups is 1. The zero-order valence-corrected chi connectivity index (χ0v) is 14.5. The quantitative estimate of drug-likeness (QED) is 0.732. The predicted octanol–water partition coefficient (Wildman–Crippen LogP) is 5.33. The summed E-state index contributed by atoms with van der Waals surface area (Å²) in [6.45, 7) is 5.18. The summed E-state index contributed by atoms with van der Waals surface area (Å²) in [6.07, 6.45) is 2.10. The summed E-state index contributed by atoms with van der Waals surface area (Å²) in [5.41, 5.74) is 3.90. The van der Waals surface area contributed by atoms with Crippen LogP contribution in [0.15, 0.2) is 51.8 Å². The van der Waals surface area contributed by atoms with Crippen molar-refractivity contribution in [3.8, 4) is 0 Å². The molecule has 2 rings (SSSR count). The van der Waals surface area contributed by atoms with E-state index in [1.165, 1.54) is 26.1 Å². The molecule has 0 aliphatic heterocycles. The van der Waals surface area contributed by atoms with E-state index in [1.807, 2.05) is 0 Å². The number of benzene rings is 2. The van der Waals surface area contributed by atoms with Crippen molar-refractivity contribution in [2.24, 2.45) is 0 Å². The third-order valence-electron chi connectivity index (χ3n) is 3.42. The van der Waals surface area contributed by atoms with Crippen molar-refractivity contribution in [1.82, 2.24) is 5.32 Å². The first-order valence-electron chi connectivity index (χ1n) is 6.72.